The number of hydrogen-bond donors (Lipinski definition) is 3. The molecule has 1 unspecified atom stereocenters. The topological polar surface area (TPSA) is 66.4 Å². The van der Waals surface area contributed by atoms with Gasteiger partial charge in [0.05, 0.1) is 5.25 Å². The van der Waals surface area contributed by atoms with E-state index in [9.17, 15) is 9.59 Å². The molecule has 0 radical (unpaired) electrons. The molecule has 1 amide bonds. The van der Waals surface area contributed by atoms with Crippen molar-refractivity contribution >= 4 is 24.5 Å². The third-order valence-corrected chi connectivity index (χ3v) is 3.31. The van der Waals surface area contributed by atoms with E-state index in [-0.39, 0.29) is 11.8 Å². The van der Waals surface area contributed by atoms with Crippen LogP contribution >= 0.6 is 12.6 Å². The number of amides is 1. The fourth-order valence-corrected chi connectivity index (χ4v) is 2.18. The van der Waals surface area contributed by atoms with Gasteiger partial charge in [0.2, 0.25) is 5.91 Å². The molecule has 1 rings (SSSR count). The third-order valence-electron chi connectivity index (χ3n) is 2.90. The lowest BCUT2D eigenvalue weighted by Gasteiger charge is -2.19. The van der Waals surface area contributed by atoms with E-state index in [0.29, 0.717) is 12.8 Å². The first-order valence-corrected chi connectivity index (χ1v) is 7.17. The van der Waals surface area contributed by atoms with Crippen LogP contribution in [0.3, 0.4) is 0 Å². The highest BCUT2D eigenvalue weighted by molar-refractivity contribution is 7.81. The van der Waals surface area contributed by atoms with Gasteiger partial charge in [-0.15, -0.1) is 0 Å². The molecule has 0 spiro atoms. The molecule has 0 aliphatic heterocycles. The molecule has 2 atom stereocenters. The number of nitrogens with one attached hydrogen (secondary N) is 1. The maximum atomic E-state index is 12.0. The molecule has 0 saturated heterocycles. The quantitative estimate of drug-likeness (QED) is 0.675. The van der Waals surface area contributed by atoms with Crippen molar-refractivity contribution in [2.75, 3.05) is 0 Å². The third kappa shape index (κ3) is 5.65. The molecule has 20 heavy (non-hydrogen) atoms. The number of aliphatic carboxylic acids is 1. The molecular formula is C15H21NO3S. The van der Waals surface area contributed by atoms with Gasteiger partial charge in [0.1, 0.15) is 6.04 Å². The average Bonchev–Trinajstić information content (AvgIpc) is 2.38. The molecule has 0 heterocycles. The molecule has 0 bridgehead atoms. The predicted octanol–water partition coefficient (Wildman–Crippen LogP) is 2.14. The second kappa shape index (κ2) is 7.94. The number of carbonyl (C=O) groups excluding carboxylic acids is 1. The lowest BCUT2D eigenvalue weighted by Crippen LogP contribution is -2.45. The van der Waals surface area contributed by atoms with Crippen LogP contribution in [0.1, 0.15) is 25.8 Å². The monoisotopic (exact) mass is 295 g/mol. The number of carboxylic acid groups (broad SMARTS) is 1. The van der Waals surface area contributed by atoms with Crippen LogP contribution in [0.25, 0.3) is 0 Å². The lowest BCUT2D eigenvalue weighted by molar-refractivity contribution is -0.142. The molecule has 0 aliphatic rings. The van der Waals surface area contributed by atoms with Crippen LogP contribution in [0.5, 0.6) is 0 Å². The van der Waals surface area contributed by atoms with E-state index in [4.69, 9.17) is 5.11 Å². The van der Waals surface area contributed by atoms with Gasteiger partial charge in [0, 0.05) is 0 Å². The molecule has 0 fully saturated rings. The Morgan fingerprint density at radius 3 is 2.35 bits per heavy atom. The molecule has 1 aromatic carbocycles. The van der Waals surface area contributed by atoms with Crippen molar-refractivity contribution in [3.05, 3.63) is 35.9 Å². The van der Waals surface area contributed by atoms with Crippen molar-refractivity contribution in [2.45, 2.75) is 38.0 Å². The number of thiol groups is 1. The van der Waals surface area contributed by atoms with Crippen LogP contribution in [0.4, 0.5) is 0 Å². The summed E-state index contributed by atoms with van der Waals surface area (Å²) < 4.78 is 0. The highest BCUT2D eigenvalue weighted by Crippen LogP contribution is 2.10. The summed E-state index contributed by atoms with van der Waals surface area (Å²) in [6.45, 7) is 3.84. The standard InChI is InChI=1S/C15H21NO3S/c1-10(2)8-12(15(18)19)16-14(17)13(20)9-11-6-4-3-5-7-11/h3-7,10,12-13,20H,8-9H2,1-2H3,(H,16,17)(H,18,19)/t12?,13-/m1/s1. The van der Waals surface area contributed by atoms with Gasteiger partial charge < -0.3 is 10.4 Å². The Morgan fingerprint density at radius 2 is 1.85 bits per heavy atom. The molecule has 110 valence electrons. The average molecular weight is 295 g/mol. The molecule has 2 N–H and O–H groups in total. The fourth-order valence-electron chi connectivity index (χ4n) is 1.89. The summed E-state index contributed by atoms with van der Waals surface area (Å²) in [6, 6.07) is 8.67. The second-order valence-corrected chi connectivity index (χ2v) is 5.86. The van der Waals surface area contributed by atoms with Gasteiger partial charge in [-0.3, -0.25) is 4.79 Å². The Balaban J connectivity index is 2.57. The van der Waals surface area contributed by atoms with E-state index in [1.54, 1.807) is 0 Å². The molecular weight excluding hydrogens is 274 g/mol. The zero-order valence-corrected chi connectivity index (χ0v) is 12.6. The Hall–Kier alpha value is -1.49. The summed E-state index contributed by atoms with van der Waals surface area (Å²) in [4.78, 5) is 23.1. The first kappa shape index (κ1) is 16.6. The van der Waals surface area contributed by atoms with Crippen LogP contribution in [0.15, 0.2) is 30.3 Å². The number of rotatable bonds is 7. The normalized spacial score (nSPS) is 13.8. The van der Waals surface area contributed by atoms with Crippen molar-refractivity contribution in [1.29, 1.82) is 0 Å². The summed E-state index contributed by atoms with van der Waals surface area (Å²) in [5.41, 5.74) is 0.999. The summed E-state index contributed by atoms with van der Waals surface area (Å²) in [6.07, 6.45) is 0.886. The Bertz CT molecular complexity index is 448. The van der Waals surface area contributed by atoms with Crippen molar-refractivity contribution in [1.82, 2.24) is 5.32 Å². The summed E-state index contributed by atoms with van der Waals surface area (Å²) in [5.74, 6) is -1.15. The van der Waals surface area contributed by atoms with Crippen LogP contribution in [0.2, 0.25) is 0 Å². The van der Waals surface area contributed by atoms with Crippen molar-refractivity contribution in [3.63, 3.8) is 0 Å². The van der Waals surface area contributed by atoms with Gasteiger partial charge in [-0.05, 0) is 24.3 Å². The van der Waals surface area contributed by atoms with Crippen molar-refractivity contribution in [2.24, 2.45) is 5.92 Å². The Labute approximate surface area is 125 Å². The second-order valence-electron chi connectivity index (χ2n) is 5.23. The Kier molecular flexibility index (Phi) is 6.58. The fraction of sp³-hybridized carbons (Fsp3) is 0.467. The largest absolute Gasteiger partial charge is 0.480 e. The first-order valence-electron chi connectivity index (χ1n) is 6.65. The maximum Gasteiger partial charge on any atom is 0.326 e. The van der Waals surface area contributed by atoms with Gasteiger partial charge in [0.15, 0.2) is 0 Å². The predicted molar refractivity (Wildman–Crippen MR) is 81.9 cm³/mol. The van der Waals surface area contributed by atoms with E-state index in [2.05, 4.69) is 17.9 Å². The molecule has 0 aliphatic carbocycles. The Morgan fingerprint density at radius 1 is 1.25 bits per heavy atom. The maximum absolute atomic E-state index is 12.0. The van der Waals surface area contributed by atoms with E-state index < -0.39 is 17.3 Å². The molecule has 0 saturated carbocycles. The van der Waals surface area contributed by atoms with E-state index >= 15 is 0 Å². The zero-order valence-electron chi connectivity index (χ0n) is 11.7. The van der Waals surface area contributed by atoms with Crippen LogP contribution in [-0.4, -0.2) is 28.3 Å². The molecule has 4 nitrogen and oxygen atoms in total. The summed E-state index contributed by atoms with van der Waals surface area (Å²) >= 11 is 4.27. The number of benzene rings is 1. The highest BCUT2D eigenvalue weighted by atomic mass is 32.1. The SMILES string of the molecule is CC(C)CC(NC(=O)[C@H](S)Cc1ccccc1)C(=O)O. The number of carboxylic acids is 1. The van der Waals surface area contributed by atoms with E-state index in [1.165, 1.54) is 0 Å². The van der Waals surface area contributed by atoms with Crippen LogP contribution in [-0.2, 0) is 16.0 Å². The van der Waals surface area contributed by atoms with Gasteiger partial charge in [-0.2, -0.15) is 12.6 Å². The highest BCUT2D eigenvalue weighted by Gasteiger charge is 2.24. The zero-order chi connectivity index (χ0) is 15.1. The van der Waals surface area contributed by atoms with Gasteiger partial charge in [0.25, 0.3) is 0 Å². The molecule has 5 heteroatoms. The van der Waals surface area contributed by atoms with Gasteiger partial charge >= 0.3 is 5.97 Å². The van der Waals surface area contributed by atoms with Crippen LogP contribution in [0, 0.1) is 5.92 Å². The van der Waals surface area contributed by atoms with Gasteiger partial charge in [-0.25, -0.2) is 4.79 Å². The first-order chi connectivity index (χ1) is 9.40. The van der Waals surface area contributed by atoms with E-state index in [1.807, 2.05) is 44.2 Å². The smallest absolute Gasteiger partial charge is 0.326 e. The number of hydrogen-bond acceptors (Lipinski definition) is 3. The molecule has 0 aromatic heterocycles. The van der Waals surface area contributed by atoms with E-state index in [0.717, 1.165) is 5.56 Å². The minimum absolute atomic E-state index is 0.198. The summed E-state index contributed by atoms with van der Waals surface area (Å²) in [5, 5.41) is 11.1. The lowest BCUT2D eigenvalue weighted by atomic mass is 10.0. The van der Waals surface area contributed by atoms with Crippen LogP contribution < -0.4 is 5.32 Å². The minimum Gasteiger partial charge on any atom is -0.480 e. The van der Waals surface area contributed by atoms with Gasteiger partial charge in [-0.1, -0.05) is 44.2 Å². The van der Waals surface area contributed by atoms with Crippen molar-refractivity contribution in [3.8, 4) is 0 Å². The summed E-state index contributed by atoms with van der Waals surface area (Å²) in [7, 11) is 0. The number of carbonyl (C=O) groups is 2. The van der Waals surface area contributed by atoms with Crippen molar-refractivity contribution < 1.29 is 14.7 Å². The molecule has 1 aromatic rings. The minimum atomic E-state index is -1.01.